The lowest BCUT2D eigenvalue weighted by Crippen LogP contribution is -2.47. The van der Waals surface area contributed by atoms with E-state index in [9.17, 15) is 4.79 Å². The Morgan fingerprint density at radius 2 is 2.24 bits per heavy atom. The Hall–Kier alpha value is -2.36. The lowest BCUT2D eigenvalue weighted by Gasteiger charge is -2.43. The highest BCUT2D eigenvalue weighted by Crippen LogP contribution is 2.49. The number of nitrogens with two attached hydrogens (primary N) is 1. The van der Waals surface area contributed by atoms with Crippen LogP contribution in [0.25, 0.3) is 0 Å². The van der Waals surface area contributed by atoms with Gasteiger partial charge in [0.2, 0.25) is 5.91 Å². The molecule has 0 saturated carbocycles. The van der Waals surface area contributed by atoms with Crippen molar-refractivity contribution < 1.29 is 4.79 Å². The normalized spacial score (nSPS) is 20.4. The van der Waals surface area contributed by atoms with E-state index in [1.54, 1.807) is 6.08 Å². The van der Waals surface area contributed by atoms with Gasteiger partial charge in [-0.1, -0.05) is 62.5 Å². The molecule has 0 spiro atoms. The summed E-state index contributed by atoms with van der Waals surface area (Å²) in [6.45, 7) is 12.8. The molecule has 2 atom stereocenters. The molecule has 1 heterocycles. The van der Waals surface area contributed by atoms with Crippen LogP contribution in [0.1, 0.15) is 52.9 Å². The second-order valence-corrected chi connectivity index (χ2v) is 7.86. The molecule has 1 aliphatic carbocycles. The van der Waals surface area contributed by atoms with Crippen molar-refractivity contribution >= 4 is 11.7 Å². The van der Waals surface area contributed by atoms with Gasteiger partial charge in [0, 0.05) is 13.1 Å². The maximum atomic E-state index is 13.3. The van der Waals surface area contributed by atoms with Crippen LogP contribution in [0.15, 0.2) is 65.2 Å². The highest BCUT2D eigenvalue weighted by Gasteiger charge is 2.48. The largest absolute Gasteiger partial charge is 0.369 e. The van der Waals surface area contributed by atoms with Crippen LogP contribution in [0, 0.1) is 11.3 Å². The Balaban J connectivity index is 2.53. The standard InChI is InChI=1S/C25H37N3O/c1-5-8-13-21(7-3)25(24(26)29,23-14-10-9-11-15-23)22(12-6-2)16-18-28-19-17-27-20(28)4/h5,7-10,13-14,22H,1,6,11-12,15-19H2,2-4H3,(H2,26,29)/b13-8-,21-7+/t22?,25-/m1/s1. The van der Waals surface area contributed by atoms with Gasteiger partial charge in [-0.2, -0.15) is 0 Å². The van der Waals surface area contributed by atoms with Gasteiger partial charge in [-0.05, 0) is 56.6 Å². The predicted molar refractivity (Wildman–Crippen MR) is 124 cm³/mol. The number of allylic oxidation sites excluding steroid dienone is 7. The number of aliphatic imine (C=N–C) groups is 1. The zero-order valence-electron chi connectivity index (χ0n) is 18.4. The van der Waals surface area contributed by atoms with Gasteiger partial charge in [0.1, 0.15) is 0 Å². The van der Waals surface area contributed by atoms with Crippen molar-refractivity contribution in [3.8, 4) is 0 Å². The van der Waals surface area contributed by atoms with Crippen molar-refractivity contribution in [2.45, 2.75) is 52.9 Å². The zero-order valence-corrected chi connectivity index (χ0v) is 18.4. The van der Waals surface area contributed by atoms with E-state index in [1.807, 2.05) is 19.1 Å². The number of amides is 1. The lowest BCUT2D eigenvalue weighted by atomic mass is 9.60. The summed E-state index contributed by atoms with van der Waals surface area (Å²) in [6.07, 6.45) is 18.8. The quantitative estimate of drug-likeness (QED) is 0.503. The molecule has 4 nitrogen and oxygen atoms in total. The van der Waals surface area contributed by atoms with Crippen molar-refractivity contribution in [1.29, 1.82) is 0 Å². The summed E-state index contributed by atoms with van der Waals surface area (Å²) in [5.74, 6) is 0.991. The van der Waals surface area contributed by atoms with E-state index in [0.29, 0.717) is 0 Å². The number of rotatable bonds is 11. The average Bonchev–Trinajstić information content (AvgIpc) is 3.14. The molecular formula is C25H37N3O. The van der Waals surface area contributed by atoms with E-state index in [2.05, 4.69) is 54.6 Å². The minimum Gasteiger partial charge on any atom is -0.369 e. The van der Waals surface area contributed by atoms with Gasteiger partial charge in [-0.25, -0.2) is 0 Å². The molecule has 1 unspecified atom stereocenters. The molecule has 4 heteroatoms. The van der Waals surface area contributed by atoms with Crippen LogP contribution in [-0.2, 0) is 4.79 Å². The summed E-state index contributed by atoms with van der Waals surface area (Å²) in [6, 6.07) is 0. The van der Waals surface area contributed by atoms with Gasteiger partial charge in [0.15, 0.2) is 0 Å². The van der Waals surface area contributed by atoms with Gasteiger partial charge >= 0.3 is 0 Å². The van der Waals surface area contributed by atoms with E-state index in [4.69, 9.17) is 5.73 Å². The van der Waals surface area contributed by atoms with Crippen molar-refractivity contribution in [3.63, 3.8) is 0 Å². The molecule has 2 aliphatic rings. The molecule has 0 saturated heterocycles. The maximum Gasteiger partial charge on any atom is 0.232 e. The molecule has 0 aromatic heterocycles. The lowest BCUT2D eigenvalue weighted by molar-refractivity contribution is -0.126. The van der Waals surface area contributed by atoms with Crippen LogP contribution >= 0.6 is 0 Å². The maximum absolute atomic E-state index is 13.3. The van der Waals surface area contributed by atoms with Crippen molar-refractivity contribution in [1.82, 2.24) is 4.90 Å². The molecule has 2 rings (SSSR count). The highest BCUT2D eigenvalue weighted by molar-refractivity contribution is 5.89. The number of amidine groups is 1. The molecule has 29 heavy (non-hydrogen) atoms. The molecule has 158 valence electrons. The summed E-state index contributed by atoms with van der Waals surface area (Å²) < 4.78 is 0. The number of hydrogen-bond donors (Lipinski definition) is 1. The molecule has 1 aliphatic heterocycles. The van der Waals surface area contributed by atoms with Gasteiger partial charge in [-0.15, -0.1) is 0 Å². The Kier molecular flexibility index (Phi) is 8.69. The average molecular weight is 396 g/mol. The fourth-order valence-electron chi connectivity index (χ4n) is 4.85. The summed E-state index contributed by atoms with van der Waals surface area (Å²) in [5, 5.41) is 0. The first kappa shape index (κ1) is 22.9. The van der Waals surface area contributed by atoms with Crippen LogP contribution in [0.4, 0.5) is 0 Å². The third-order valence-corrected chi connectivity index (χ3v) is 6.25. The fourth-order valence-corrected chi connectivity index (χ4v) is 4.85. The highest BCUT2D eigenvalue weighted by atomic mass is 16.1. The monoisotopic (exact) mass is 395 g/mol. The number of carbonyl (C=O) groups excluding carboxylic acids is 1. The number of nitrogens with zero attached hydrogens (tertiary/aromatic N) is 2. The molecule has 0 aromatic carbocycles. The third kappa shape index (κ3) is 4.98. The third-order valence-electron chi connectivity index (χ3n) is 6.25. The molecular weight excluding hydrogens is 358 g/mol. The van der Waals surface area contributed by atoms with Crippen molar-refractivity contribution in [2.24, 2.45) is 22.1 Å². The minimum absolute atomic E-state index is 0.136. The topological polar surface area (TPSA) is 58.7 Å². The number of primary amides is 1. The Labute approximate surface area is 176 Å². The smallest absolute Gasteiger partial charge is 0.232 e. The van der Waals surface area contributed by atoms with E-state index in [1.165, 1.54) is 0 Å². The molecule has 1 amide bonds. The van der Waals surface area contributed by atoms with Crippen LogP contribution in [-0.4, -0.2) is 36.3 Å². The Bertz CT molecular complexity index is 741. The van der Waals surface area contributed by atoms with Crippen LogP contribution < -0.4 is 5.73 Å². The van der Waals surface area contributed by atoms with E-state index < -0.39 is 5.41 Å². The first-order chi connectivity index (χ1) is 14.0. The van der Waals surface area contributed by atoms with Gasteiger partial charge in [0.25, 0.3) is 0 Å². The SMILES string of the molecule is C=C/C=C\C(=C/C)[C@](C(N)=O)(C1=CC=CCC1)C(CCC)CCN1CCN=C1C. The molecule has 2 N–H and O–H groups in total. The first-order valence-electron chi connectivity index (χ1n) is 10.9. The summed E-state index contributed by atoms with van der Waals surface area (Å²) >= 11 is 0. The van der Waals surface area contributed by atoms with Gasteiger partial charge < -0.3 is 10.6 Å². The van der Waals surface area contributed by atoms with Crippen molar-refractivity contribution in [3.05, 3.63) is 60.3 Å². The molecule has 0 fully saturated rings. The fraction of sp³-hybridized carbons (Fsp3) is 0.520. The van der Waals surface area contributed by atoms with Crippen LogP contribution in [0.2, 0.25) is 0 Å². The summed E-state index contributed by atoms with van der Waals surface area (Å²) in [5.41, 5.74) is 7.58. The van der Waals surface area contributed by atoms with E-state index >= 15 is 0 Å². The predicted octanol–water partition coefficient (Wildman–Crippen LogP) is 4.96. The molecule has 0 radical (unpaired) electrons. The second-order valence-electron chi connectivity index (χ2n) is 7.86. The number of carbonyl (C=O) groups is 1. The zero-order chi connectivity index (χ0) is 21.3. The Morgan fingerprint density at radius 1 is 1.45 bits per heavy atom. The van der Waals surface area contributed by atoms with Crippen molar-refractivity contribution in [2.75, 3.05) is 19.6 Å². The van der Waals surface area contributed by atoms with Gasteiger partial charge in [-0.3, -0.25) is 9.79 Å². The number of hydrogen-bond acceptors (Lipinski definition) is 3. The Morgan fingerprint density at radius 3 is 2.76 bits per heavy atom. The molecule has 0 bridgehead atoms. The second kappa shape index (κ2) is 11.0. The van der Waals surface area contributed by atoms with Crippen LogP contribution in [0.5, 0.6) is 0 Å². The van der Waals surface area contributed by atoms with Crippen LogP contribution in [0.3, 0.4) is 0 Å². The molecule has 0 aromatic rings. The summed E-state index contributed by atoms with van der Waals surface area (Å²) in [4.78, 5) is 20.1. The minimum atomic E-state index is -0.792. The summed E-state index contributed by atoms with van der Waals surface area (Å²) in [7, 11) is 0. The van der Waals surface area contributed by atoms with E-state index in [-0.39, 0.29) is 11.8 Å². The first-order valence-corrected chi connectivity index (χ1v) is 10.9. The van der Waals surface area contributed by atoms with E-state index in [0.717, 1.165) is 68.7 Å². The van der Waals surface area contributed by atoms with Gasteiger partial charge in [0.05, 0.1) is 17.8 Å².